The average Bonchev–Trinajstić information content (AvgIpc) is 2.53. The van der Waals surface area contributed by atoms with Crippen molar-refractivity contribution in [3.05, 3.63) is 59.2 Å². The molecule has 25 heavy (non-hydrogen) atoms. The van der Waals surface area contributed by atoms with Crippen molar-refractivity contribution in [2.45, 2.75) is 20.0 Å². The van der Waals surface area contributed by atoms with E-state index in [0.29, 0.717) is 5.56 Å². The Labute approximate surface area is 141 Å². The van der Waals surface area contributed by atoms with Gasteiger partial charge >= 0.3 is 0 Å². The molecule has 0 aliphatic rings. The Hall–Kier alpha value is -2.22. The van der Waals surface area contributed by atoms with Crippen molar-refractivity contribution in [1.29, 1.82) is 0 Å². The highest BCUT2D eigenvalue weighted by Gasteiger charge is 2.27. The van der Waals surface area contributed by atoms with Crippen molar-refractivity contribution in [3.63, 3.8) is 0 Å². The van der Waals surface area contributed by atoms with Gasteiger partial charge < -0.3 is 10.0 Å². The summed E-state index contributed by atoms with van der Waals surface area (Å²) >= 11 is 0. The van der Waals surface area contributed by atoms with E-state index in [2.05, 4.69) is 4.98 Å². The van der Waals surface area contributed by atoms with Gasteiger partial charge in [0.15, 0.2) is 0 Å². The van der Waals surface area contributed by atoms with Crippen molar-refractivity contribution >= 4 is 5.69 Å². The number of pyridine rings is 1. The number of hydrogen-bond acceptors (Lipinski definition) is 3. The first-order valence-corrected chi connectivity index (χ1v) is 7.59. The highest BCUT2D eigenvalue weighted by atomic mass is 19.2. The highest BCUT2D eigenvalue weighted by Crippen LogP contribution is 2.29. The maximum absolute atomic E-state index is 14.0. The van der Waals surface area contributed by atoms with Crippen LogP contribution in [0.2, 0.25) is 0 Å². The van der Waals surface area contributed by atoms with E-state index in [-0.39, 0.29) is 19.0 Å². The lowest BCUT2D eigenvalue weighted by atomic mass is 10.1. The van der Waals surface area contributed by atoms with E-state index in [1.165, 1.54) is 12.1 Å². The summed E-state index contributed by atoms with van der Waals surface area (Å²) in [5, 5.41) is 10.3. The summed E-state index contributed by atoms with van der Waals surface area (Å²) in [5.74, 6) is -7.43. The minimum atomic E-state index is -1.76. The molecule has 0 bridgehead atoms. The topological polar surface area (TPSA) is 36.4 Å². The Morgan fingerprint density at radius 1 is 0.920 bits per heavy atom. The first kappa shape index (κ1) is 19.1. The molecule has 0 fully saturated rings. The minimum Gasteiger partial charge on any atom is -0.387 e. The number of aliphatic hydroxyl groups is 1. The molecule has 0 aliphatic carbocycles. The predicted octanol–water partition coefficient (Wildman–Crippen LogP) is 3.97. The number of nitrogens with zero attached hydrogens (tertiary/aromatic N) is 2. The smallest absolute Gasteiger partial charge is 0.253 e. The Kier molecular flexibility index (Phi) is 5.94. The molecule has 0 spiro atoms. The van der Waals surface area contributed by atoms with Gasteiger partial charge in [0, 0.05) is 13.1 Å². The van der Waals surface area contributed by atoms with Crippen molar-refractivity contribution in [2.75, 3.05) is 18.0 Å². The first-order chi connectivity index (χ1) is 11.7. The van der Waals surface area contributed by atoms with Gasteiger partial charge in [0.2, 0.25) is 11.6 Å². The number of aliphatic hydroxyl groups excluding tert-OH is 1. The monoisotopic (exact) mass is 360 g/mol. The van der Waals surface area contributed by atoms with Crippen LogP contribution in [0.25, 0.3) is 0 Å². The molecule has 0 saturated heterocycles. The van der Waals surface area contributed by atoms with Crippen molar-refractivity contribution in [3.8, 4) is 0 Å². The maximum Gasteiger partial charge on any atom is 0.253 e. The molecule has 0 aliphatic heterocycles. The summed E-state index contributed by atoms with van der Waals surface area (Å²) in [5.41, 5.74) is -0.633. The molecule has 1 atom stereocenters. The fourth-order valence-corrected chi connectivity index (χ4v) is 2.45. The fraction of sp³-hybridized carbons (Fsp3) is 0.353. The molecule has 2 aromatic rings. The van der Waals surface area contributed by atoms with Gasteiger partial charge in [-0.25, -0.2) is 4.39 Å². The zero-order valence-corrected chi connectivity index (χ0v) is 13.6. The average molecular weight is 360 g/mol. The Bertz CT molecular complexity index is 711. The van der Waals surface area contributed by atoms with Gasteiger partial charge in [-0.1, -0.05) is 26.0 Å². The van der Waals surface area contributed by atoms with E-state index < -0.39 is 41.1 Å². The second-order valence-electron chi connectivity index (χ2n) is 6.04. The van der Waals surface area contributed by atoms with Crippen LogP contribution in [0.4, 0.5) is 27.6 Å². The molecule has 0 radical (unpaired) electrons. The van der Waals surface area contributed by atoms with E-state index in [4.69, 9.17) is 0 Å². The van der Waals surface area contributed by atoms with E-state index >= 15 is 0 Å². The third kappa shape index (κ3) is 4.45. The van der Waals surface area contributed by atoms with Crippen LogP contribution in [0.3, 0.4) is 0 Å². The summed E-state index contributed by atoms with van der Waals surface area (Å²) < 4.78 is 67.8. The second-order valence-corrected chi connectivity index (χ2v) is 6.04. The maximum atomic E-state index is 14.0. The van der Waals surface area contributed by atoms with Crippen LogP contribution < -0.4 is 4.90 Å². The predicted molar refractivity (Wildman–Crippen MR) is 82.5 cm³/mol. The highest BCUT2D eigenvalue weighted by molar-refractivity contribution is 5.49. The third-order valence-corrected chi connectivity index (χ3v) is 3.52. The van der Waals surface area contributed by atoms with Gasteiger partial charge in [-0.3, -0.25) is 0 Å². The summed E-state index contributed by atoms with van der Waals surface area (Å²) in [6, 6.07) is 4.87. The van der Waals surface area contributed by atoms with Crippen molar-refractivity contribution in [2.24, 2.45) is 5.92 Å². The van der Waals surface area contributed by atoms with Gasteiger partial charge in [0.1, 0.15) is 11.5 Å². The summed E-state index contributed by atoms with van der Waals surface area (Å²) in [4.78, 5) is 3.54. The quantitative estimate of drug-likeness (QED) is 0.626. The molecular formula is C17H17F5N2O. The van der Waals surface area contributed by atoms with E-state index in [1.807, 2.05) is 0 Å². The second kappa shape index (κ2) is 7.77. The van der Waals surface area contributed by atoms with Crippen LogP contribution in [0.5, 0.6) is 0 Å². The molecule has 1 unspecified atom stereocenters. The minimum absolute atomic E-state index is 0.0228. The van der Waals surface area contributed by atoms with Crippen LogP contribution >= 0.6 is 0 Å². The standard InChI is InChI=1S/C17H17F5N2O/c1-9(2)7-24(8-12(25)10-3-5-11(18)6-4-10)15-13(19)16(21)23-17(22)14(15)20/h3-6,9,12,25H,7-8H2,1-2H3. The molecule has 2 rings (SSSR count). The van der Waals surface area contributed by atoms with Crippen LogP contribution in [0, 0.1) is 35.3 Å². The molecule has 136 valence electrons. The number of rotatable bonds is 6. The number of halogens is 5. The van der Waals surface area contributed by atoms with Crippen LogP contribution in [-0.2, 0) is 0 Å². The molecule has 8 heteroatoms. The zero-order chi connectivity index (χ0) is 18.7. The molecule has 3 nitrogen and oxygen atoms in total. The molecule has 1 N–H and O–H groups in total. The molecular weight excluding hydrogens is 343 g/mol. The Balaban J connectivity index is 2.39. The zero-order valence-electron chi connectivity index (χ0n) is 13.6. The van der Waals surface area contributed by atoms with Gasteiger partial charge in [-0.05, 0) is 23.6 Å². The number of hydrogen-bond donors (Lipinski definition) is 1. The number of aromatic nitrogens is 1. The van der Waals surface area contributed by atoms with Gasteiger partial charge in [-0.15, -0.1) is 0 Å². The van der Waals surface area contributed by atoms with Crippen LogP contribution in [0.1, 0.15) is 25.5 Å². The SMILES string of the molecule is CC(C)CN(CC(O)c1ccc(F)cc1)c1c(F)c(F)nc(F)c1F. The lowest BCUT2D eigenvalue weighted by Crippen LogP contribution is -2.34. The van der Waals surface area contributed by atoms with Gasteiger partial charge in [-0.2, -0.15) is 22.5 Å². The number of anilines is 1. The normalized spacial score (nSPS) is 12.5. The van der Waals surface area contributed by atoms with Gasteiger partial charge in [0.25, 0.3) is 11.9 Å². The molecule has 0 amide bonds. The Morgan fingerprint density at radius 2 is 1.44 bits per heavy atom. The van der Waals surface area contributed by atoms with E-state index in [9.17, 15) is 27.1 Å². The molecule has 1 heterocycles. The summed E-state index contributed by atoms with van der Waals surface area (Å²) in [6.45, 7) is 3.15. The van der Waals surface area contributed by atoms with Crippen LogP contribution in [-0.4, -0.2) is 23.2 Å². The fourth-order valence-electron chi connectivity index (χ4n) is 2.45. The molecule has 1 aromatic carbocycles. The van der Waals surface area contributed by atoms with Crippen molar-refractivity contribution < 1.29 is 27.1 Å². The summed E-state index contributed by atoms with van der Waals surface area (Å²) in [6.07, 6.45) is -1.25. The summed E-state index contributed by atoms with van der Waals surface area (Å²) in [7, 11) is 0. The lowest BCUT2D eigenvalue weighted by Gasteiger charge is -2.29. The van der Waals surface area contributed by atoms with Gasteiger partial charge in [0.05, 0.1) is 6.10 Å². The largest absolute Gasteiger partial charge is 0.387 e. The number of benzene rings is 1. The molecule has 0 saturated carbocycles. The van der Waals surface area contributed by atoms with E-state index in [0.717, 1.165) is 17.0 Å². The van der Waals surface area contributed by atoms with Crippen molar-refractivity contribution in [1.82, 2.24) is 4.98 Å². The van der Waals surface area contributed by atoms with E-state index in [1.54, 1.807) is 13.8 Å². The molecule has 1 aromatic heterocycles. The Morgan fingerprint density at radius 3 is 1.92 bits per heavy atom. The lowest BCUT2D eigenvalue weighted by molar-refractivity contribution is 0.181. The van der Waals surface area contributed by atoms with Crippen LogP contribution in [0.15, 0.2) is 24.3 Å². The first-order valence-electron chi connectivity index (χ1n) is 7.59. The third-order valence-electron chi connectivity index (χ3n) is 3.52.